The molecule has 6 heteroatoms. The number of nitrogens with one attached hydrogen (secondary N) is 2. The van der Waals surface area contributed by atoms with Crippen LogP contribution >= 0.6 is 23.2 Å². The average Bonchev–Trinajstić information content (AvgIpc) is 2.11. The van der Waals surface area contributed by atoms with E-state index in [1.165, 1.54) is 26.0 Å². The Morgan fingerprint density at radius 3 is 1.50 bits per heavy atom. The molecule has 1 rings (SSSR count). The van der Waals surface area contributed by atoms with Gasteiger partial charge in [-0.25, -0.2) is 0 Å². The van der Waals surface area contributed by atoms with Crippen LogP contribution < -0.4 is 10.6 Å². The molecule has 4 nitrogen and oxygen atoms in total. The first kappa shape index (κ1) is 12.8. The number of rotatable bonds is 2. The van der Waals surface area contributed by atoms with Gasteiger partial charge in [-0.3, -0.25) is 9.59 Å². The molecular weight excluding hydrogens is 251 g/mol. The van der Waals surface area contributed by atoms with Gasteiger partial charge in [0, 0.05) is 13.8 Å². The number of carbonyl (C=O) groups is 2. The molecule has 1 aromatic carbocycles. The predicted molar refractivity (Wildman–Crippen MR) is 65.1 cm³/mol. The molecule has 0 unspecified atom stereocenters. The third kappa shape index (κ3) is 3.40. The van der Waals surface area contributed by atoms with Crippen LogP contribution in [-0.2, 0) is 9.59 Å². The predicted octanol–water partition coefficient (Wildman–Crippen LogP) is 2.91. The summed E-state index contributed by atoms with van der Waals surface area (Å²) in [4.78, 5) is 21.9. The van der Waals surface area contributed by atoms with Crippen LogP contribution in [0.5, 0.6) is 0 Å². The zero-order valence-electron chi connectivity index (χ0n) is 8.73. The van der Waals surface area contributed by atoms with Crippen LogP contribution in [0.2, 0.25) is 10.0 Å². The van der Waals surface area contributed by atoms with E-state index in [2.05, 4.69) is 10.6 Å². The van der Waals surface area contributed by atoms with Crippen LogP contribution in [0.25, 0.3) is 0 Å². The SMILES string of the molecule is CC(=O)Nc1cc(Cl)c(Cl)cc1NC(C)=O. The Bertz CT molecular complexity index is 406. The van der Waals surface area contributed by atoms with E-state index in [1.54, 1.807) is 0 Å². The maximum absolute atomic E-state index is 10.9. The Morgan fingerprint density at radius 1 is 0.938 bits per heavy atom. The molecule has 0 spiro atoms. The molecule has 1 aromatic rings. The van der Waals surface area contributed by atoms with Crippen LogP contribution in [0, 0.1) is 0 Å². The molecule has 0 saturated heterocycles. The van der Waals surface area contributed by atoms with Gasteiger partial charge in [-0.05, 0) is 12.1 Å². The molecule has 0 heterocycles. The lowest BCUT2D eigenvalue weighted by atomic mass is 10.2. The highest BCUT2D eigenvalue weighted by Gasteiger charge is 2.09. The molecule has 0 aliphatic carbocycles. The monoisotopic (exact) mass is 260 g/mol. The van der Waals surface area contributed by atoms with Crippen molar-refractivity contribution in [1.82, 2.24) is 0 Å². The number of hydrogen-bond donors (Lipinski definition) is 2. The highest BCUT2D eigenvalue weighted by atomic mass is 35.5. The molecule has 0 atom stereocenters. The lowest BCUT2D eigenvalue weighted by molar-refractivity contribution is -0.115. The second-order valence-corrected chi connectivity index (χ2v) is 3.99. The zero-order chi connectivity index (χ0) is 12.3. The summed E-state index contributed by atoms with van der Waals surface area (Å²) in [6, 6.07) is 2.97. The van der Waals surface area contributed by atoms with Crippen molar-refractivity contribution < 1.29 is 9.59 Å². The Kier molecular flexibility index (Phi) is 4.15. The quantitative estimate of drug-likeness (QED) is 0.859. The van der Waals surface area contributed by atoms with Crippen LogP contribution in [0.4, 0.5) is 11.4 Å². The molecular formula is C10H10Cl2N2O2. The Labute approximate surface area is 103 Å². The van der Waals surface area contributed by atoms with Gasteiger partial charge in [-0.2, -0.15) is 0 Å². The number of hydrogen-bond acceptors (Lipinski definition) is 2. The molecule has 0 aliphatic heterocycles. The molecule has 0 radical (unpaired) electrons. The summed E-state index contributed by atoms with van der Waals surface area (Å²) in [7, 11) is 0. The summed E-state index contributed by atoms with van der Waals surface area (Å²) in [5, 5.41) is 5.71. The average molecular weight is 261 g/mol. The highest BCUT2D eigenvalue weighted by molar-refractivity contribution is 6.42. The van der Waals surface area contributed by atoms with Crippen molar-refractivity contribution in [3.05, 3.63) is 22.2 Å². The molecule has 2 amide bonds. The van der Waals surface area contributed by atoms with Crippen molar-refractivity contribution in [3.8, 4) is 0 Å². The normalized spacial score (nSPS) is 9.75. The number of amides is 2. The molecule has 16 heavy (non-hydrogen) atoms. The topological polar surface area (TPSA) is 58.2 Å². The number of benzene rings is 1. The summed E-state index contributed by atoms with van der Waals surface area (Å²) in [5.41, 5.74) is 0.828. The summed E-state index contributed by atoms with van der Waals surface area (Å²) < 4.78 is 0. The van der Waals surface area contributed by atoms with Gasteiger partial charge in [-0.1, -0.05) is 23.2 Å². The zero-order valence-corrected chi connectivity index (χ0v) is 10.2. The van der Waals surface area contributed by atoms with E-state index in [1.807, 2.05) is 0 Å². The Hall–Kier alpha value is -1.26. The van der Waals surface area contributed by atoms with E-state index in [0.29, 0.717) is 21.4 Å². The number of anilines is 2. The van der Waals surface area contributed by atoms with Crippen molar-refractivity contribution in [2.75, 3.05) is 10.6 Å². The van der Waals surface area contributed by atoms with Crippen molar-refractivity contribution in [3.63, 3.8) is 0 Å². The van der Waals surface area contributed by atoms with Gasteiger partial charge in [-0.15, -0.1) is 0 Å². The van der Waals surface area contributed by atoms with Crippen LogP contribution in [0.15, 0.2) is 12.1 Å². The van der Waals surface area contributed by atoms with E-state index in [-0.39, 0.29) is 11.8 Å². The maximum Gasteiger partial charge on any atom is 0.221 e. The standard InChI is InChI=1S/C10H10Cl2N2O2/c1-5(15)13-9-3-7(11)8(12)4-10(9)14-6(2)16/h3-4H,1-2H3,(H,13,15)(H,14,16). The van der Waals surface area contributed by atoms with E-state index in [0.717, 1.165) is 0 Å². The lowest BCUT2D eigenvalue weighted by Gasteiger charge is -2.11. The third-order valence-electron chi connectivity index (χ3n) is 1.68. The molecule has 0 fully saturated rings. The minimum Gasteiger partial charge on any atom is -0.324 e. The number of halogens is 2. The van der Waals surface area contributed by atoms with Crippen LogP contribution in [0.3, 0.4) is 0 Å². The second kappa shape index (κ2) is 5.18. The lowest BCUT2D eigenvalue weighted by Crippen LogP contribution is -2.12. The third-order valence-corrected chi connectivity index (χ3v) is 2.40. The molecule has 0 bridgehead atoms. The first-order valence-electron chi connectivity index (χ1n) is 4.44. The first-order chi connectivity index (χ1) is 7.40. The number of carbonyl (C=O) groups excluding carboxylic acids is 2. The fraction of sp³-hybridized carbons (Fsp3) is 0.200. The Morgan fingerprint density at radius 2 is 1.25 bits per heavy atom. The fourth-order valence-electron chi connectivity index (χ4n) is 1.13. The smallest absolute Gasteiger partial charge is 0.221 e. The van der Waals surface area contributed by atoms with E-state index >= 15 is 0 Å². The minimum absolute atomic E-state index is 0.259. The maximum atomic E-state index is 10.9. The summed E-state index contributed by atoms with van der Waals surface area (Å²) in [6.45, 7) is 2.72. The second-order valence-electron chi connectivity index (χ2n) is 3.17. The first-order valence-corrected chi connectivity index (χ1v) is 5.20. The van der Waals surface area contributed by atoms with Crippen molar-refractivity contribution >= 4 is 46.4 Å². The van der Waals surface area contributed by atoms with E-state index in [4.69, 9.17) is 23.2 Å². The molecule has 2 N–H and O–H groups in total. The van der Waals surface area contributed by atoms with Crippen molar-refractivity contribution in [2.24, 2.45) is 0 Å². The van der Waals surface area contributed by atoms with E-state index in [9.17, 15) is 9.59 Å². The van der Waals surface area contributed by atoms with Gasteiger partial charge >= 0.3 is 0 Å². The van der Waals surface area contributed by atoms with Crippen LogP contribution in [0.1, 0.15) is 13.8 Å². The largest absolute Gasteiger partial charge is 0.324 e. The summed E-state index contributed by atoms with van der Waals surface area (Å²) in [6.07, 6.45) is 0. The van der Waals surface area contributed by atoms with Gasteiger partial charge in [0.1, 0.15) is 0 Å². The van der Waals surface area contributed by atoms with Gasteiger partial charge < -0.3 is 10.6 Å². The van der Waals surface area contributed by atoms with Crippen LogP contribution in [-0.4, -0.2) is 11.8 Å². The van der Waals surface area contributed by atoms with Gasteiger partial charge in [0.25, 0.3) is 0 Å². The van der Waals surface area contributed by atoms with Gasteiger partial charge in [0.2, 0.25) is 11.8 Å². The van der Waals surface area contributed by atoms with Crippen molar-refractivity contribution in [2.45, 2.75) is 13.8 Å². The van der Waals surface area contributed by atoms with E-state index < -0.39 is 0 Å². The minimum atomic E-state index is -0.259. The molecule has 86 valence electrons. The molecule has 0 aliphatic rings. The van der Waals surface area contributed by atoms with Gasteiger partial charge in [0.15, 0.2) is 0 Å². The Balaban J connectivity index is 3.15. The summed E-state index contributed by atoms with van der Waals surface area (Å²) in [5.74, 6) is -0.519. The molecule has 0 saturated carbocycles. The van der Waals surface area contributed by atoms with Gasteiger partial charge in [0.05, 0.1) is 21.4 Å². The fourth-order valence-corrected chi connectivity index (χ4v) is 1.46. The molecule has 0 aromatic heterocycles. The van der Waals surface area contributed by atoms with Crippen molar-refractivity contribution in [1.29, 1.82) is 0 Å². The summed E-state index contributed by atoms with van der Waals surface area (Å²) >= 11 is 11.6. The highest BCUT2D eigenvalue weighted by Crippen LogP contribution is 2.32.